The summed E-state index contributed by atoms with van der Waals surface area (Å²) in [6, 6.07) is -0.522. The highest BCUT2D eigenvalue weighted by Gasteiger charge is 2.06. The number of carbonyl (C=O) groups is 2. The van der Waals surface area contributed by atoms with Crippen LogP contribution in [0.25, 0.3) is 0 Å². The molecule has 0 heterocycles. The van der Waals surface area contributed by atoms with Gasteiger partial charge in [0.25, 0.3) is 0 Å². The summed E-state index contributed by atoms with van der Waals surface area (Å²) >= 11 is 0. The van der Waals surface area contributed by atoms with E-state index >= 15 is 0 Å². The third-order valence-electron chi connectivity index (χ3n) is 1.68. The van der Waals surface area contributed by atoms with Gasteiger partial charge in [0.1, 0.15) is 16.4 Å². The van der Waals surface area contributed by atoms with E-state index in [1.54, 1.807) is 6.92 Å². The van der Waals surface area contributed by atoms with Gasteiger partial charge in [0.2, 0.25) is 0 Å². The van der Waals surface area contributed by atoms with Crippen LogP contribution in [0, 0.1) is 0 Å². The number of hydrogen-bond acceptors (Lipinski definition) is 5. The Morgan fingerprint density at radius 3 is 2.41 bits per heavy atom. The summed E-state index contributed by atoms with van der Waals surface area (Å²) in [4.78, 5) is 22.0. The van der Waals surface area contributed by atoms with Crippen molar-refractivity contribution in [2.75, 3.05) is 31.7 Å². The van der Waals surface area contributed by atoms with E-state index in [1.807, 2.05) is 0 Å². The van der Waals surface area contributed by atoms with Gasteiger partial charge in [-0.2, -0.15) is 0 Å². The van der Waals surface area contributed by atoms with E-state index in [2.05, 4.69) is 15.4 Å². The first-order valence-corrected chi connectivity index (χ1v) is 7.26. The second-order valence-electron chi connectivity index (χ2n) is 3.40. The molecule has 17 heavy (non-hydrogen) atoms. The van der Waals surface area contributed by atoms with Gasteiger partial charge in [-0.15, -0.1) is 0 Å². The van der Waals surface area contributed by atoms with E-state index < -0.39 is 21.8 Å². The van der Waals surface area contributed by atoms with Gasteiger partial charge in [-0.25, -0.2) is 13.2 Å². The highest BCUT2D eigenvalue weighted by molar-refractivity contribution is 7.90. The van der Waals surface area contributed by atoms with Crippen molar-refractivity contribution in [3.63, 3.8) is 0 Å². The van der Waals surface area contributed by atoms with Crippen molar-refractivity contribution in [1.82, 2.24) is 10.6 Å². The molecule has 100 valence electrons. The second kappa shape index (κ2) is 7.88. The molecular formula is C9H18N2O5S. The van der Waals surface area contributed by atoms with Crippen LogP contribution in [0.5, 0.6) is 0 Å². The fourth-order valence-corrected chi connectivity index (χ4v) is 1.63. The Labute approximate surface area is 101 Å². The zero-order chi connectivity index (χ0) is 13.3. The van der Waals surface area contributed by atoms with Gasteiger partial charge in [0, 0.05) is 12.8 Å². The quantitative estimate of drug-likeness (QED) is 0.468. The molecule has 0 radical (unpaired) electrons. The summed E-state index contributed by atoms with van der Waals surface area (Å²) in [5, 5.41) is 4.72. The van der Waals surface area contributed by atoms with Crippen LogP contribution >= 0.6 is 0 Å². The Balaban J connectivity index is 3.57. The predicted octanol–water partition coefficient (Wildman–Crippen LogP) is -0.717. The maximum atomic E-state index is 11.1. The molecule has 0 bridgehead atoms. The minimum Gasteiger partial charge on any atom is -0.465 e. The zero-order valence-corrected chi connectivity index (χ0v) is 10.8. The maximum Gasteiger partial charge on any atom is 0.325 e. The fraction of sp³-hybridized carbons (Fsp3) is 0.778. The Morgan fingerprint density at radius 2 is 1.88 bits per heavy atom. The maximum absolute atomic E-state index is 11.1. The van der Waals surface area contributed by atoms with Crippen molar-refractivity contribution >= 4 is 21.8 Å². The van der Waals surface area contributed by atoms with Crippen molar-refractivity contribution in [1.29, 1.82) is 0 Å². The minimum atomic E-state index is -3.00. The molecule has 2 amide bonds. The molecule has 0 aliphatic heterocycles. The molecule has 0 aromatic heterocycles. The van der Waals surface area contributed by atoms with Crippen LogP contribution < -0.4 is 10.6 Å². The van der Waals surface area contributed by atoms with Gasteiger partial charge in [-0.3, -0.25) is 4.79 Å². The van der Waals surface area contributed by atoms with E-state index in [0.717, 1.165) is 6.26 Å². The largest absolute Gasteiger partial charge is 0.465 e. The van der Waals surface area contributed by atoms with Crippen LogP contribution in [0.3, 0.4) is 0 Å². The first-order chi connectivity index (χ1) is 7.85. The Morgan fingerprint density at radius 1 is 1.24 bits per heavy atom. The summed E-state index contributed by atoms with van der Waals surface area (Å²) in [7, 11) is -3.00. The van der Waals surface area contributed by atoms with Crippen molar-refractivity contribution in [2.24, 2.45) is 0 Å². The SMILES string of the molecule is CCOC(=O)CNC(=O)NCCCS(C)(=O)=O. The van der Waals surface area contributed by atoms with Crippen LogP contribution in [0.2, 0.25) is 0 Å². The van der Waals surface area contributed by atoms with Gasteiger partial charge >= 0.3 is 12.0 Å². The molecule has 0 spiro atoms. The number of urea groups is 1. The number of carbonyl (C=O) groups excluding carboxylic acids is 2. The third-order valence-corrected chi connectivity index (χ3v) is 2.71. The number of rotatable bonds is 7. The lowest BCUT2D eigenvalue weighted by atomic mass is 10.5. The lowest BCUT2D eigenvalue weighted by molar-refractivity contribution is -0.141. The highest BCUT2D eigenvalue weighted by atomic mass is 32.2. The van der Waals surface area contributed by atoms with Crippen molar-refractivity contribution < 1.29 is 22.7 Å². The monoisotopic (exact) mass is 266 g/mol. The predicted molar refractivity (Wildman–Crippen MR) is 62.4 cm³/mol. The molecule has 0 aromatic rings. The third kappa shape index (κ3) is 11.0. The number of nitrogens with one attached hydrogen (secondary N) is 2. The van der Waals surface area contributed by atoms with Crippen LogP contribution in [-0.2, 0) is 19.4 Å². The smallest absolute Gasteiger partial charge is 0.325 e. The average Bonchev–Trinajstić information content (AvgIpc) is 2.21. The molecule has 0 saturated carbocycles. The number of esters is 1. The summed E-state index contributed by atoms with van der Waals surface area (Å²) in [5.74, 6) is -0.496. The molecule has 0 aliphatic rings. The van der Waals surface area contributed by atoms with Gasteiger partial charge in [0.15, 0.2) is 0 Å². The molecule has 8 heteroatoms. The Hall–Kier alpha value is -1.31. The molecule has 0 aromatic carbocycles. The second-order valence-corrected chi connectivity index (χ2v) is 5.66. The van der Waals surface area contributed by atoms with Crippen molar-refractivity contribution in [3.8, 4) is 0 Å². The van der Waals surface area contributed by atoms with Gasteiger partial charge in [-0.05, 0) is 13.3 Å². The molecule has 2 N–H and O–H groups in total. The van der Waals surface area contributed by atoms with E-state index in [9.17, 15) is 18.0 Å². The number of ether oxygens (including phenoxy) is 1. The number of amides is 2. The van der Waals surface area contributed by atoms with Crippen molar-refractivity contribution in [2.45, 2.75) is 13.3 Å². The van der Waals surface area contributed by atoms with Crippen LogP contribution in [-0.4, -0.2) is 52.1 Å². The first-order valence-electron chi connectivity index (χ1n) is 5.20. The molecule has 0 fully saturated rings. The summed E-state index contributed by atoms with van der Waals surface area (Å²) in [6.45, 7) is 1.97. The van der Waals surface area contributed by atoms with Gasteiger partial charge < -0.3 is 15.4 Å². The van der Waals surface area contributed by atoms with Crippen molar-refractivity contribution in [3.05, 3.63) is 0 Å². The van der Waals surface area contributed by atoms with E-state index in [1.165, 1.54) is 0 Å². The van der Waals surface area contributed by atoms with E-state index in [4.69, 9.17) is 0 Å². The first kappa shape index (κ1) is 15.7. The molecule has 7 nitrogen and oxygen atoms in total. The molecule has 0 aliphatic carbocycles. The van der Waals surface area contributed by atoms with Crippen LogP contribution in [0.4, 0.5) is 4.79 Å². The minimum absolute atomic E-state index is 0.0190. The molecule has 0 atom stereocenters. The number of hydrogen-bond donors (Lipinski definition) is 2. The molecule has 0 saturated heterocycles. The molecular weight excluding hydrogens is 248 g/mol. The van der Waals surface area contributed by atoms with Crippen LogP contribution in [0.1, 0.15) is 13.3 Å². The summed E-state index contributed by atoms with van der Waals surface area (Å²) in [6.07, 6.45) is 1.47. The van der Waals surface area contributed by atoms with Crippen LogP contribution in [0.15, 0.2) is 0 Å². The lowest BCUT2D eigenvalue weighted by Gasteiger charge is -2.06. The van der Waals surface area contributed by atoms with Gasteiger partial charge in [-0.1, -0.05) is 0 Å². The standard InChI is InChI=1S/C9H18N2O5S/c1-3-16-8(12)7-11-9(13)10-5-4-6-17(2,14)15/h3-7H2,1-2H3,(H2,10,11,13). The molecule has 0 unspecified atom stereocenters. The topological polar surface area (TPSA) is 102 Å². The summed E-state index contributed by atoms with van der Waals surface area (Å²) in [5.41, 5.74) is 0. The average molecular weight is 266 g/mol. The Kier molecular flexibility index (Phi) is 7.27. The highest BCUT2D eigenvalue weighted by Crippen LogP contribution is 1.86. The fourth-order valence-electron chi connectivity index (χ4n) is 0.963. The Bertz CT molecular complexity index is 352. The van der Waals surface area contributed by atoms with E-state index in [-0.39, 0.29) is 25.4 Å². The lowest BCUT2D eigenvalue weighted by Crippen LogP contribution is -2.39. The molecule has 0 rings (SSSR count). The summed E-state index contributed by atoms with van der Waals surface area (Å²) < 4.78 is 26.1. The normalized spacial score (nSPS) is 10.7. The zero-order valence-electron chi connectivity index (χ0n) is 9.99. The van der Waals surface area contributed by atoms with Gasteiger partial charge in [0.05, 0.1) is 12.4 Å². The number of sulfone groups is 1. The van der Waals surface area contributed by atoms with E-state index in [0.29, 0.717) is 6.42 Å².